The highest BCUT2D eigenvalue weighted by molar-refractivity contribution is 5.87. The Bertz CT molecular complexity index is 378. The molecule has 0 aromatic heterocycles. The van der Waals surface area contributed by atoms with Gasteiger partial charge in [0.15, 0.2) is 6.10 Å². The van der Waals surface area contributed by atoms with Crippen LogP contribution in [-0.4, -0.2) is 55.1 Å². The van der Waals surface area contributed by atoms with E-state index in [1.807, 2.05) is 19.9 Å². The highest BCUT2D eigenvalue weighted by Crippen LogP contribution is 2.04. The Morgan fingerprint density at radius 1 is 1.58 bits per heavy atom. The predicted octanol–water partition coefficient (Wildman–Crippen LogP) is -1.16. The van der Waals surface area contributed by atoms with Crippen molar-refractivity contribution in [2.24, 2.45) is 11.7 Å². The quantitative estimate of drug-likeness (QED) is 0.668. The molecule has 2 amide bonds. The molecular formula is C12H20N4O3. The fourth-order valence-electron chi connectivity index (χ4n) is 1.65. The number of nitrogens with zero attached hydrogens (tertiary/aromatic N) is 2. The largest absolute Gasteiger partial charge is 0.360 e. The molecule has 0 spiro atoms. The number of amides is 2. The Kier molecular flexibility index (Phi) is 5.73. The van der Waals surface area contributed by atoms with Crippen LogP contribution in [0.25, 0.3) is 0 Å². The molecule has 1 aliphatic rings. The lowest BCUT2D eigenvalue weighted by Gasteiger charge is -2.30. The molecule has 1 unspecified atom stereocenters. The van der Waals surface area contributed by atoms with Crippen molar-refractivity contribution in [1.82, 2.24) is 10.2 Å². The monoisotopic (exact) mass is 268 g/mol. The average Bonchev–Trinajstić information content (AvgIpc) is 2.43. The maximum Gasteiger partial charge on any atom is 0.242 e. The van der Waals surface area contributed by atoms with Gasteiger partial charge in [-0.15, -0.1) is 0 Å². The summed E-state index contributed by atoms with van der Waals surface area (Å²) >= 11 is 0. The minimum atomic E-state index is -0.621. The smallest absolute Gasteiger partial charge is 0.242 e. The normalized spacial score (nSPS) is 20.8. The standard InChI is InChI=1S/C12H20N4O3/c1-8(2)11(14)12(18)15-6-10(17)16-3-4-19-9(5-13)7-16/h8-9,11H,3-4,6-7,14H2,1-2H3,(H,15,18)/t9?,11-/m0/s1. The van der Waals surface area contributed by atoms with Gasteiger partial charge in [-0.2, -0.15) is 5.26 Å². The molecule has 19 heavy (non-hydrogen) atoms. The number of carbonyl (C=O) groups excluding carboxylic acids is 2. The van der Waals surface area contributed by atoms with Gasteiger partial charge >= 0.3 is 0 Å². The molecule has 0 aromatic rings. The number of carbonyl (C=O) groups is 2. The van der Waals surface area contributed by atoms with Crippen molar-refractivity contribution in [3.05, 3.63) is 0 Å². The minimum absolute atomic E-state index is 0.0152. The number of nitriles is 1. The summed E-state index contributed by atoms with van der Waals surface area (Å²) in [5, 5.41) is 11.3. The van der Waals surface area contributed by atoms with Crippen LogP contribution in [0.1, 0.15) is 13.8 Å². The van der Waals surface area contributed by atoms with Crippen molar-refractivity contribution >= 4 is 11.8 Å². The van der Waals surface area contributed by atoms with Gasteiger partial charge in [-0.25, -0.2) is 0 Å². The molecule has 0 aliphatic carbocycles. The molecule has 1 rings (SSSR count). The Hall–Kier alpha value is -1.65. The van der Waals surface area contributed by atoms with Crippen molar-refractivity contribution in [2.75, 3.05) is 26.2 Å². The van der Waals surface area contributed by atoms with Crippen LogP contribution in [0.5, 0.6) is 0 Å². The highest BCUT2D eigenvalue weighted by Gasteiger charge is 2.25. The topological polar surface area (TPSA) is 108 Å². The lowest BCUT2D eigenvalue weighted by molar-refractivity contribution is -0.138. The van der Waals surface area contributed by atoms with Gasteiger partial charge in [-0.3, -0.25) is 9.59 Å². The van der Waals surface area contributed by atoms with Crippen LogP contribution in [0.4, 0.5) is 0 Å². The van der Waals surface area contributed by atoms with E-state index in [1.54, 1.807) is 0 Å². The SMILES string of the molecule is CC(C)[C@H](N)C(=O)NCC(=O)N1CCOC(C#N)C1. The summed E-state index contributed by atoms with van der Waals surface area (Å²) in [5.74, 6) is -0.553. The van der Waals surface area contributed by atoms with Gasteiger partial charge in [0.1, 0.15) is 0 Å². The van der Waals surface area contributed by atoms with E-state index in [-0.39, 0.29) is 30.8 Å². The van der Waals surface area contributed by atoms with E-state index in [2.05, 4.69) is 5.32 Å². The summed E-state index contributed by atoms with van der Waals surface area (Å²) in [6.07, 6.45) is -0.591. The van der Waals surface area contributed by atoms with E-state index in [0.29, 0.717) is 13.2 Å². The third-order valence-electron chi connectivity index (χ3n) is 3.00. The average molecular weight is 268 g/mol. The first-order valence-corrected chi connectivity index (χ1v) is 6.28. The molecule has 0 aromatic carbocycles. The first kappa shape index (κ1) is 15.4. The second-order valence-electron chi connectivity index (χ2n) is 4.82. The zero-order valence-corrected chi connectivity index (χ0v) is 11.3. The van der Waals surface area contributed by atoms with Gasteiger partial charge in [-0.05, 0) is 5.92 Å². The van der Waals surface area contributed by atoms with Crippen molar-refractivity contribution in [1.29, 1.82) is 5.26 Å². The second-order valence-corrected chi connectivity index (χ2v) is 4.82. The Balaban J connectivity index is 2.39. The maximum absolute atomic E-state index is 11.9. The number of rotatable bonds is 4. The van der Waals surface area contributed by atoms with Crippen LogP contribution in [0.15, 0.2) is 0 Å². The van der Waals surface area contributed by atoms with E-state index in [9.17, 15) is 9.59 Å². The molecule has 0 radical (unpaired) electrons. The van der Waals surface area contributed by atoms with Gasteiger partial charge in [0.05, 0.1) is 31.8 Å². The van der Waals surface area contributed by atoms with Crippen molar-refractivity contribution in [2.45, 2.75) is 26.0 Å². The Morgan fingerprint density at radius 3 is 2.84 bits per heavy atom. The number of hydrogen-bond donors (Lipinski definition) is 2. The first-order chi connectivity index (χ1) is 8.95. The number of hydrogen-bond acceptors (Lipinski definition) is 5. The maximum atomic E-state index is 11.9. The molecule has 1 heterocycles. The molecule has 1 fully saturated rings. The van der Waals surface area contributed by atoms with Gasteiger partial charge in [0, 0.05) is 6.54 Å². The van der Waals surface area contributed by atoms with Crippen molar-refractivity contribution in [3.63, 3.8) is 0 Å². The lowest BCUT2D eigenvalue weighted by Crippen LogP contribution is -2.51. The molecule has 0 saturated carbocycles. The number of nitrogens with two attached hydrogens (primary N) is 1. The van der Waals surface area contributed by atoms with Crippen LogP contribution in [0.3, 0.4) is 0 Å². The minimum Gasteiger partial charge on any atom is -0.360 e. The summed E-state index contributed by atoms with van der Waals surface area (Å²) in [6.45, 7) is 4.59. The van der Waals surface area contributed by atoms with E-state index in [4.69, 9.17) is 15.7 Å². The molecule has 3 N–H and O–H groups in total. The Morgan fingerprint density at radius 2 is 2.26 bits per heavy atom. The predicted molar refractivity (Wildman–Crippen MR) is 67.8 cm³/mol. The highest BCUT2D eigenvalue weighted by atomic mass is 16.5. The number of ether oxygens (including phenoxy) is 1. The van der Waals surface area contributed by atoms with Crippen molar-refractivity contribution < 1.29 is 14.3 Å². The van der Waals surface area contributed by atoms with E-state index < -0.39 is 12.1 Å². The third-order valence-corrected chi connectivity index (χ3v) is 3.00. The zero-order valence-electron chi connectivity index (χ0n) is 11.3. The van der Waals surface area contributed by atoms with Crippen molar-refractivity contribution in [3.8, 4) is 6.07 Å². The van der Waals surface area contributed by atoms with Crippen LogP contribution in [0, 0.1) is 17.2 Å². The van der Waals surface area contributed by atoms with Gasteiger partial charge in [0.25, 0.3) is 0 Å². The molecular weight excluding hydrogens is 248 g/mol. The molecule has 7 nitrogen and oxygen atoms in total. The number of morpholine rings is 1. The fourth-order valence-corrected chi connectivity index (χ4v) is 1.65. The van der Waals surface area contributed by atoms with Crippen LogP contribution in [0.2, 0.25) is 0 Å². The van der Waals surface area contributed by atoms with Gasteiger partial charge in [-0.1, -0.05) is 13.8 Å². The molecule has 2 atom stereocenters. The van der Waals surface area contributed by atoms with E-state index in [1.165, 1.54) is 4.90 Å². The molecule has 1 aliphatic heterocycles. The van der Waals surface area contributed by atoms with E-state index in [0.717, 1.165) is 0 Å². The lowest BCUT2D eigenvalue weighted by atomic mass is 10.1. The summed E-state index contributed by atoms with van der Waals surface area (Å²) in [4.78, 5) is 25.0. The molecule has 1 saturated heterocycles. The first-order valence-electron chi connectivity index (χ1n) is 6.28. The molecule has 0 bridgehead atoms. The summed E-state index contributed by atoms with van der Waals surface area (Å²) in [7, 11) is 0. The van der Waals surface area contributed by atoms with Gasteiger partial charge in [0.2, 0.25) is 11.8 Å². The van der Waals surface area contributed by atoms with E-state index >= 15 is 0 Å². The third kappa shape index (κ3) is 4.50. The van der Waals surface area contributed by atoms with Crippen LogP contribution < -0.4 is 11.1 Å². The van der Waals surface area contributed by atoms with Crippen LogP contribution >= 0.6 is 0 Å². The number of nitrogens with one attached hydrogen (secondary N) is 1. The summed E-state index contributed by atoms with van der Waals surface area (Å²) in [6, 6.07) is 1.34. The molecule has 106 valence electrons. The fraction of sp³-hybridized carbons (Fsp3) is 0.750. The summed E-state index contributed by atoms with van der Waals surface area (Å²) in [5.41, 5.74) is 5.67. The summed E-state index contributed by atoms with van der Waals surface area (Å²) < 4.78 is 5.14. The molecule has 7 heteroatoms. The second kappa shape index (κ2) is 7.07. The Labute approximate surface area is 112 Å². The zero-order chi connectivity index (χ0) is 14.4. The van der Waals surface area contributed by atoms with Crippen LogP contribution in [-0.2, 0) is 14.3 Å². The van der Waals surface area contributed by atoms with Gasteiger partial charge < -0.3 is 20.7 Å².